The fourth-order valence-electron chi connectivity index (χ4n) is 1.46. The van der Waals surface area contributed by atoms with Gasteiger partial charge in [-0.1, -0.05) is 6.58 Å². The van der Waals surface area contributed by atoms with Crippen LogP contribution in [0.15, 0.2) is 12.1 Å². The zero-order chi connectivity index (χ0) is 13.4. The molecule has 0 atom stereocenters. The van der Waals surface area contributed by atoms with Gasteiger partial charge in [-0.25, -0.2) is 13.8 Å². The summed E-state index contributed by atoms with van der Waals surface area (Å²) in [4.78, 5) is 6.72. The van der Waals surface area contributed by atoms with Crippen molar-refractivity contribution in [2.24, 2.45) is 0 Å². The van der Waals surface area contributed by atoms with Crippen molar-refractivity contribution in [1.29, 1.82) is 0 Å². The molecule has 2 heterocycles. The number of aromatic nitrogens is 2. The number of hydrogen-bond acceptors (Lipinski definition) is 3. The third-order valence-electron chi connectivity index (χ3n) is 2.32. The molecule has 2 aromatic rings. The van der Waals surface area contributed by atoms with E-state index in [1.807, 2.05) is 0 Å². The molecule has 0 aliphatic rings. The van der Waals surface area contributed by atoms with Gasteiger partial charge in [0.2, 0.25) is 0 Å². The van der Waals surface area contributed by atoms with E-state index in [1.165, 1.54) is 5.51 Å². The average Bonchev–Trinajstić information content (AvgIpc) is 2.73. The standard InChI is InChI=1S/C11H6F4N2S/c1-4(9-5(2)16-3-18-9)6-7(12)10(14)17-11(15)8(6)13/h3H,1H2,2H3. The Labute approximate surface area is 104 Å². The fraction of sp³-hybridized carbons (Fsp3) is 0.0909. The topological polar surface area (TPSA) is 25.8 Å². The number of halogens is 4. The van der Waals surface area contributed by atoms with Gasteiger partial charge in [-0.15, -0.1) is 11.3 Å². The predicted molar refractivity (Wildman–Crippen MR) is 59.1 cm³/mol. The van der Waals surface area contributed by atoms with Crippen LogP contribution < -0.4 is 0 Å². The molecule has 2 rings (SSSR count). The molecule has 2 nitrogen and oxygen atoms in total. The fourth-order valence-corrected chi connectivity index (χ4v) is 2.24. The van der Waals surface area contributed by atoms with Gasteiger partial charge < -0.3 is 0 Å². The smallest absolute Gasteiger partial charge is 0.249 e. The minimum absolute atomic E-state index is 0.162. The first-order valence-corrected chi connectivity index (χ1v) is 5.61. The van der Waals surface area contributed by atoms with Gasteiger partial charge in [0.1, 0.15) is 0 Å². The van der Waals surface area contributed by atoms with Crippen LogP contribution in [0.25, 0.3) is 5.57 Å². The molecule has 2 aromatic heterocycles. The van der Waals surface area contributed by atoms with E-state index in [4.69, 9.17) is 0 Å². The molecule has 0 aromatic carbocycles. The summed E-state index contributed by atoms with van der Waals surface area (Å²) in [5, 5.41) is 0. The molecule has 0 amide bonds. The first kappa shape index (κ1) is 12.7. The van der Waals surface area contributed by atoms with E-state index in [9.17, 15) is 17.6 Å². The summed E-state index contributed by atoms with van der Waals surface area (Å²) >= 11 is 1.07. The molecule has 18 heavy (non-hydrogen) atoms. The maximum atomic E-state index is 13.5. The Balaban J connectivity index is 2.66. The van der Waals surface area contributed by atoms with Crippen LogP contribution >= 0.6 is 11.3 Å². The molecule has 0 aliphatic carbocycles. The van der Waals surface area contributed by atoms with Crippen LogP contribution in [0.3, 0.4) is 0 Å². The number of hydrogen-bond donors (Lipinski definition) is 0. The van der Waals surface area contributed by atoms with Gasteiger partial charge in [-0.05, 0) is 12.5 Å². The summed E-state index contributed by atoms with van der Waals surface area (Å²) in [6, 6.07) is 0. The monoisotopic (exact) mass is 274 g/mol. The van der Waals surface area contributed by atoms with E-state index < -0.39 is 29.1 Å². The molecule has 0 aliphatic heterocycles. The van der Waals surface area contributed by atoms with E-state index in [0.717, 1.165) is 11.3 Å². The molecule has 0 unspecified atom stereocenters. The third kappa shape index (κ3) is 1.90. The van der Waals surface area contributed by atoms with Crippen molar-refractivity contribution in [3.05, 3.63) is 51.8 Å². The van der Waals surface area contributed by atoms with Crippen molar-refractivity contribution >= 4 is 16.9 Å². The summed E-state index contributed by atoms with van der Waals surface area (Å²) in [6.07, 6.45) is 0. The minimum Gasteiger partial charge on any atom is -0.249 e. The molecule has 94 valence electrons. The van der Waals surface area contributed by atoms with Gasteiger partial charge in [0.15, 0.2) is 11.6 Å². The molecular formula is C11H6F4N2S. The van der Waals surface area contributed by atoms with Crippen LogP contribution in [0.4, 0.5) is 17.6 Å². The zero-order valence-electron chi connectivity index (χ0n) is 9.10. The zero-order valence-corrected chi connectivity index (χ0v) is 9.92. The Morgan fingerprint density at radius 1 is 1.17 bits per heavy atom. The summed E-state index contributed by atoms with van der Waals surface area (Å²) in [5.41, 5.74) is 0.901. The second-order valence-corrected chi connectivity index (χ2v) is 4.30. The summed E-state index contributed by atoms with van der Waals surface area (Å²) in [7, 11) is 0. The van der Waals surface area contributed by atoms with Gasteiger partial charge in [-0.2, -0.15) is 13.8 Å². The minimum atomic E-state index is -1.70. The van der Waals surface area contributed by atoms with E-state index in [-0.39, 0.29) is 5.57 Å². The van der Waals surface area contributed by atoms with Crippen LogP contribution in [-0.2, 0) is 0 Å². The van der Waals surface area contributed by atoms with Crippen LogP contribution in [0.5, 0.6) is 0 Å². The molecule has 0 saturated carbocycles. The number of rotatable bonds is 2. The van der Waals surface area contributed by atoms with E-state index in [0.29, 0.717) is 10.6 Å². The van der Waals surface area contributed by atoms with Gasteiger partial charge >= 0.3 is 0 Å². The molecule has 0 radical (unpaired) electrons. The normalized spacial score (nSPS) is 10.7. The van der Waals surface area contributed by atoms with Crippen LogP contribution in [0, 0.1) is 30.5 Å². The highest BCUT2D eigenvalue weighted by Gasteiger charge is 2.24. The lowest BCUT2D eigenvalue weighted by atomic mass is 10.1. The SMILES string of the molecule is C=C(c1scnc1C)c1c(F)c(F)nc(F)c1F. The number of aryl methyl sites for hydroxylation is 1. The Morgan fingerprint density at radius 3 is 2.17 bits per heavy atom. The van der Waals surface area contributed by atoms with Crippen molar-refractivity contribution in [1.82, 2.24) is 9.97 Å². The summed E-state index contributed by atoms with van der Waals surface area (Å²) < 4.78 is 52.9. The van der Waals surface area contributed by atoms with Crippen molar-refractivity contribution in [2.45, 2.75) is 6.92 Å². The number of thiazole rings is 1. The average molecular weight is 274 g/mol. The first-order valence-electron chi connectivity index (χ1n) is 4.73. The number of pyridine rings is 1. The first-order chi connectivity index (χ1) is 8.43. The highest BCUT2D eigenvalue weighted by Crippen LogP contribution is 2.31. The van der Waals surface area contributed by atoms with Crippen molar-refractivity contribution < 1.29 is 17.6 Å². The van der Waals surface area contributed by atoms with E-state index in [1.54, 1.807) is 6.92 Å². The van der Waals surface area contributed by atoms with E-state index >= 15 is 0 Å². The molecule has 0 saturated heterocycles. The maximum Gasteiger partial charge on any atom is 0.252 e. The van der Waals surface area contributed by atoms with Gasteiger partial charge in [-0.3, -0.25) is 0 Å². The Morgan fingerprint density at radius 2 is 1.72 bits per heavy atom. The summed E-state index contributed by atoms with van der Waals surface area (Å²) in [6.45, 7) is 5.06. The largest absolute Gasteiger partial charge is 0.252 e. The maximum absolute atomic E-state index is 13.5. The van der Waals surface area contributed by atoms with Gasteiger partial charge in [0, 0.05) is 0 Å². The molecule has 0 N–H and O–H groups in total. The molecule has 0 fully saturated rings. The third-order valence-corrected chi connectivity index (χ3v) is 3.31. The van der Waals surface area contributed by atoms with Crippen LogP contribution in [0.1, 0.15) is 16.1 Å². The van der Waals surface area contributed by atoms with Crippen molar-refractivity contribution in [3.8, 4) is 0 Å². The molecule has 7 heteroatoms. The van der Waals surface area contributed by atoms with Crippen molar-refractivity contribution in [2.75, 3.05) is 0 Å². The van der Waals surface area contributed by atoms with Gasteiger partial charge in [0.25, 0.3) is 11.9 Å². The second kappa shape index (κ2) is 4.49. The van der Waals surface area contributed by atoms with E-state index in [2.05, 4.69) is 16.5 Å². The Kier molecular flexibility index (Phi) is 3.16. The molecule has 0 spiro atoms. The molecule has 0 bridgehead atoms. The predicted octanol–water partition coefficient (Wildman–Crippen LogP) is 3.46. The van der Waals surface area contributed by atoms with Crippen LogP contribution in [-0.4, -0.2) is 9.97 Å². The van der Waals surface area contributed by atoms with Crippen molar-refractivity contribution in [3.63, 3.8) is 0 Å². The highest BCUT2D eigenvalue weighted by molar-refractivity contribution is 7.11. The number of nitrogens with zero attached hydrogens (tertiary/aromatic N) is 2. The molecular weight excluding hydrogens is 268 g/mol. The lowest BCUT2D eigenvalue weighted by Crippen LogP contribution is -2.06. The lowest BCUT2D eigenvalue weighted by molar-refractivity contribution is 0.404. The van der Waals surface area contributed by atoms with Crippen LogP contribution in [0.2, 0.25) is 0 Å². The van der Waals surface area contributed by atoms with Gasteiger partial charge in [0.05, 0.1) is 21.6 Å². The second-order valence-electron chi connectivity index (χ2n) is 3.44. The summed E-state index contributed by atoms with van der Waals surface area (Å²) in [5.74, 6) is -6.53. The quantitative estimate of drug-likeness (QED) is 0.619. The lowest BCUT2D eigenvalue weighted by Gasteiger charge is -2.08. The Bertz CT molecular complexity index is 610. The highest BCUT2D eigenvalue weighted by atomic mass is 32.1. The Hall–Kier alpha value is -1.76.